The molecule has 1 amide bonds. The number of ether oxygens (including phenoxy) is 1. The minimum Gasteiger partial charge on any atom is -0.480 e. The number of allylic oxidation sites excluding steroid dienone is 3. The molecule has 0 aliphatic carbocycles. The van der Waals surface area contributed by atoms with Crippen molar-refractivity contribution >= 4 is 17.8 Å². The van der Waals surface area contributed by atoms with E-state index in [1.807, 2.05) is 6.08 Å². The molecular weight excluding hydrogens is 673 g/mol. The Labute approximate surface area is 333 Å². The molecule has 54 heavy (non-hydrogen) atoms. The molecule has 0 saturated heterocycles. The van der Waals surface area contributed by atoms with Gasteiger partial charge >= 0.3 is 11.9 Å². The van der Waals surface area contributed by atoms with Crippen LogP contribution >= 0.6 is 0 Å². The summed E-state index contributed by atoms with van der Waals surface area (Å²) >= 11 is 0. The molecule has 0 saturated carbocycles. The molecular formula is C47H88N2O5. The smallest absolute Gasteiger partial charge is 0.326 e. The lowest BCUT2D eigenvalue weighted by Gasteiger charge is -2.15. The Morgan fingerprint density at radius 1 is 0.556 bits per heavy atom. The molecule has 0 radical (unpaired) electrons. The van der Waals surface area contributed by atoms with Crippen molar-refractivity contribution in [3.05, 3.63) is 24.3 Å². The van der Waals surface area contributed by atoms with Gasteiger partial charge in [-0.05, 0) is 70.4 Å². The lowest BCUT2D eigenvalue weighted by atomic mass is 10.0. The van der Waals surface area contributed by atoms with Gasteiger partial charge < -0.3 is 20.9 Å². The number of carboxylic acid groups (broad SMARTS) is 1. The minimum atomic E-state index is -1.02. The molecule has 7 nitrogen and oxygen atoms in total. The zero-order chi connectivity index (χ0) is 39.6. The first-order valence-electron chi connectivity index (χ1n) is 23.2. The molecule has 0 aromatic carbocycles. The highest BCUT2D eigenvalue weighted by Crippen LogP contribution is 2.17. The number of hydrogen-bond acceptors (Lipinski definition) is 5. The number of nitrogens with two attached hydrogens (primary N) is 1. The Kier molecular flexibility index (Phi) is 40.3. The van der Waals surface area contributed by atoms with Gasteiger partial charge in [-0.15, -0.1) is 0 Å². The van der Waals surface area contributed by atoms with Crippen LogP contribution in [0.25, 0.3) is 0 Å². The first-order valence-corrected chi connectivity index (χ1v) is 23.2. The fraction of sp³-hybridized carbons (Fsp3) is 0.851. The molecule has 0 aromatic rings. The molecule has 0 heterocycles. The van der Waals surface area contributed by atoms with E-state index in [0.717, 1.165) is 51.4 Å². The van der Waals surface area contributed by atoms with E-state index in [0.29, 0.717) is 38.6 Å². The average molecular weight is 761 g/mol. The quantitative estimate of drug-likeness (QED) is 0.0324. The number of hydrogen-bond donors (Lipinski definition) is 3. The van der Waals surface area contributed by atoms with E-state index >= 15 is 0 Å². The van der Waals surface area contributed by atoms with E-state index in [-0.39, 0.29) is 18.0 Å². The van der Waals surface area contributed by atoms with Crippen molar-refractivity contribution in [2.24, 2.45) is 5.73 Å². The lowest BCUT2D eigenvalue weighted by Crippen LogP contribution is -2.40. The van der Waals surface area contributed by atoms with Crippen molar-refractivity contribution in [3.8, 4) is 0 Å². The van der Waals surface area contributed by atoms with Crippen LogP contribution in [0.5, 0.6) is 0 Å². The Morgan fingerprint density at radius 2 is 1.02 bits per heavy atom. The third kappa shape index (κ3) is 38.1. The molecule has 2 unspecified atom stereocenters. The summed E-state index contributed by atoms with van der Waals surface area (Å²) in [5, 5.41) is 11.9. The lowest BCUT2D eigenvalue weighted by molar-refractivity contribution is -0.147. The molecule has 0 aliphatic rings. The maximum absolute atomic E-state index is 12.7. The minimum absolute atomic E-state index is 0.100. The second kappa shape index (κ2) is 42.0. The van der Waals surface area contributed by atoms with Crippen LogP contribution in [0.2, 0.25) is 0 Å². The van der Waals surface area contributed by atoms with Gasteiger partial charge in [0.1, 0.15) is 12.1 Å². The van der Waals surface area contributed by atoms with Crippen molar-refractivity contribution in [3.63, 3.8) is 0 Å². The zero-order valence-electron chi connectivity index (χ0n) is 35.6. The van der Waals surface area contributed by atoms with Gasteiger partial charge in [-0.1, -0.05) is 186 Å². The standard InChI is InChI=1S/C47H88N2O5/c1-3-5-7-9-11-13-14-15-16-17-18-19-20-21-22-23-24-25-27-29-35-41-46(51)54-43(37-32-28-26-12-10-8-6-4-2)38-33-30-31-34-40-45(50)49-44(47(52)53)39-36-42-48/h12,26,32,37,43-44H,3-11,13-25,27-31,33-36,38-42,48H2,1-2H3,(H,49,50)(H,52,53)/b26-12-,37-32-. The number of aliphatic carboxylic acids is 1. The van der Waals surface area contributed by atoms with Gasteiger partial charge in [0, 0.05) is 12.8 Å². The number of amides is 1. The summed E-state index contributed by atoms with van der Waals surface area (Å²) in [6.45, 7) is 4.91. The molecule has 7 heteroatoms. The highest BCUT2D eigenvalue weighted by Gasteiger charge is 2.19. The summed E-state index contributed by atoms with van der Waals surface area (Å²) in [6.07, 6.45) is 48.3. The summed E-state index contributed by atoms with van der Waals surface area (Å²) < 4.78 is 5.92. The number of esters is 1. The fourth-order valence-corrected chi connectivity index (χ4v) is 6.99. The predicted molar refractivity (Wildman–Crippen MR) is 230 cm³/mol. The van der Waals surface area contributed by atoms with Crippen LogP contribution < -0.4 is 11.1 Å². The fourth-order valence-electron chi connectivity index (χ4n) is 6.99. The van der Waals surface area contributed by atoms with Gasteiger partial charge in [0.15, 0.2) is 0 Å². The van der Waals surface area contributed by atoms with Crippen molar-refractivity contribution in [2.45, 2.75) is 251 Å². The Balaban J connectivity index is 4.11. The second-order valence-electron chi connectivity index (χ2n) is 15.8. The summed E-state index contributed by atoms with van der Waals surface area (Å²) in [5.41, 5.74) is 5.48. The maximum Gasteiger partial charge on any atom is 0.326 e. The van der Waals surface area contributed by atoms with Crippen LogP contribution in [0.15, 0.2) is 24.3 Å². The summed E-state index contributed by atoms with van der Waals surface area (Å²) in [6, 6.07) is -0.872. The van der Waals surface area contributed by atoms with E-state index in [1.165, 1.54) is 141 Å². The average Bonchev–Trinajstić information content (AvgIpc) is 3.16. The molecule has 0 aliphatic heterocycles. The number of carboxylic acids is 1. The normalized spacial score (nSPS) is 12.8. The highest BCUT2D eigenvalue weighted by atomic mass is 16.5. The highest BCUT2D eigenvalue weighted by molar-refractivity contribution is 5.83. The molecule has 4 N–H and O–H groups in total. The van der Waals surface area contributed by atoms with Gasteiger partial charge in [-0.2, -0.15) is 0 Å². The van der Waals surface area contributed by atoms with Crippen LogP contribution in [0, 0.1) is 0 Å². The largest absolute Gasteiger partial charge is 0.480 e. The monoisotopic (exact) mass is 761 g/mol. The first kappa shape index (κ1) is 51.9. The number of carbonyl (C=O) groups is 3. The van der Waals surface area contributed by atoms with Gasteiger partial charge in [-0.25, -0.2) is 4.79 Å². The van der Waals surface area contributed by atoms with Crippen molar-refractivity contribution in [1.29, 1.82) is 0 Å². The maximum atomic E-state index is 12.7. The molecule has 0 spiro atoms. The third-order valence-corrected chi connectivity index (χ3v) is 10.5. The summed E-state index contributed by atoms with van der Waals surface area (Å²) in [4.78, 5) is 36.3. The van der Waals surface area contributed by atoms with Crippen LogP contribution in [0.3, 0.4) is 0 Å². The van der Waals surface area contributed by atoms with E-state index in [9.17, 15) is 19.5 Å². The molecule has 0 aromatic heterocycles. The van der Waals surface area contributed by atoms with Crippen LogP contribution in [-0.4, -0.2) is 41.6 Å². The number of rotatable bonds is 42. The first-order chi connectivity index (χ1) is 26.4. The van der Waals surface area contributed by atoms with Crippen molar-refractivity contribution in [1.82, 2.24) is 5.32 Å². The summed E-state index contributed by atoms with van der Waals surface area (Å²) in [7, 11) is 0. The van der Waals surface area contributed by atoms with Crippen molar-refractivity contribution < 1.29 is 24.2 Å². The predicted octanol–water partition coefficient (Wildman–Crippen LogP) is 13.2. The molecule has 0 rings (SSSR count). The van der Waals surface area contributed by atoms with E-state index in [1.54, 1.807) is 0 Å². The van der Waals surface area contributed by atoms with Gasteiger partial charge in [0.25, 0.3) is 0 Å². The number of carbonyl (C=O) groups excluding carboxylic acids is 2. The second-order valence-corrected chi connectivity index (χ2v) is 15.8. The number of nitrogens with one attached hydrogen (secondary N) is 1. The van der Waals surface area contributed by atoms with Crippen molar-refractivity contribution in [2.75, 3.05) is 6.54 Å². The Bertz CT molecular complexity index is 905. The third-order valence-electron chi connectivity index (χ3n) is 10.5. The van der Waals surface area contributed by atoms with Crippen LogP contribution in [0.1, 0.15) is 239 Å². The Hall–Kier alpha value is -2.15. The van der Waals surface area contributed by atoms with Gasteiger partial charge in [-0.3, -0.25) is 9.59 Å². The molecule has 316 valence electrons. The molecule has 0 fully saturated rings. The van der Waals surface area contributed by atoms with E-state index in [2.05, 4.69) is 37.4 Å². The topological polar surface area (TPSA) is 119 Å². The Morgan fingerprint density at radius 3 is 1.52 bits per heavy atom. The summed E-state index contributed by atoms with van der Waals surface area (Å²) in [5.74, 6) is -1.34. The SMILES string of the molecule is CCCCC/C=C\C/C=C\C(CCCCCCC(=O)NC(CCCN)C(=O)O)OC(=O)CCCCCCCCCCCCCCCCCCCCCCC. The number of unbranched alkanes of at least 4 members (excludes halogenated alkanes) is 26. The van der Waals surface area contributed by atoms with Crippen LogP contribution in [0.4, 0.5) is 0 Å². The van der Waals surface area contributed by atoms with Crippen LogP contribution in [-0.2, 0) is 19.1 Å². The van der Waals surface area contributed by atoms with E-state index < -0.39 is 12.0 Å². The zero-order valence-corrected chi connectivity index (χ0v) is 35.6. The van der Waals surface area contributed by atoms with Gasteiger partial charge in [0.05, 0.1) is 0 Å². The van der Waals surface area contributed by atoms with E-state index in [4.69, 9.17) is 10.5 Å². The van der Waals surface area contributed by atoms with Gasteiger partial charge in [0.2, 0.25) is 5.91 Å². The molecule has 0 bridgehead atoms. The molecule has 2 atom stereocenters.